The molecule has 0 aliphatic rings. The Labute approximate surface area is 486 Å². The summed E-state index contributed by atoms with van der Waals surface area (Å²) in [5, 5.41) is 23.3. The highest BCUT2D eigenvalue weighted by molar-refractivity contribution is 5.76. The molecular formula is C72H133NO5. The van der Waals surface area contributed by atoms with Crippen molar-refractivity contribution in [2.75, 3.05) is 13.2 Å². The fraction of sp³-hybridized carbons (Fsp3) is 0.833. The molecule has 0 rings (SSSR count). The van der Waals surface area contributed by atoms with Gasteiger partial charge < -0.3 is 20.3 Å². The number of amides is 1. The fourth-order valence-corrected chi connectivity index (χ4v) is 10.5. The number of hydrogen-bond donors (Lipinski definition) is 3. The third-order valence-corrected chi connectivity index (χ3v) is 15.8. The number of aliphatic hydroxyl groups excluding tert-OH is 2. The van der Waals surface area contributed by atoms with Gasteiger partial charge in [-0.25, -0.2) is 0 Å². The first kappa shape index (κ1) is 75.6. The Kier molecular flexibility index (Phi) is 65.0. The average molecular weight is 1090 g/mol. The molecule has 0 fully saturated rings. The van der Waals surface area contributed by atoms with Crippen molar-refractivity contribution in [2.24, 2.45) is 0 Å². The molecule has 0 heterocycles. The molecule has 0 aliphatic carbocycles. The zero-order valence-electron chi connectivity index (χ0n) is 52.1. The Morgan fingerprint density at radius 2 is 0.641 bits per heavy atom. The van der Waals surface area contributed by atoms with E-state index in [1.54, 1.807) is 6.08 Å². The van der Waals surface area contributed by atoms with E-state index in [4.69, 9.17) is 4.74 Å². The standard InChI is InChI=1S/C72H133NO5/c1-3-5-7-9-11-13-15-17-19-20-21-22-23-24-25-27-30-33-37-40-44-48-52-56-60-64-70(75)69(68-74)73-71(76)65-61-57-53-49-45-41-38-34-31-28-26-29-32-35-39-43-47-51-55-59-63-67-78-72(77)66-62-58-54-50-46-42-36-18-16-14-12-10-8-6-4-2/h12,14,18,36,43,47,55,59-60,64,69-70,74-75H,3-11,13,15-17,19-35,37-42,44-46,48-54,56-58,61-63,65-68H2,1-2H3,(H,73,76)/b14-12-,36-18-,47-43-,59-55-,64-60+. The van der Waals surface area contributed by atoms with Crippen LogP contribution in [0.4, 0.5) is 0 Å². The number of carbonyl (C=O) groups excluding carboxylic acids is 2. The maximum absolute atomic E-state index is 12.5. The van der Waals surface area contributed by atoms with Crippen LogP contribution in [0.25, 0.3) is 0 Å². The largest absolute Gasteiger partial charge is 0.465 e. The van der Waals surface area contributed by atoms with Gasteiger partial charge in [-0.15, -0.1) is 0 Å². The molecule has 2 unspecified atom stereocenters. The lowest BCUT2D eigenvalue weighted by atomic mass is 10.0. The topological polar surface area (TPSA) is 95.9 Å². The van der Waals surface area contributed by atoms with E-state index in [9.17, 15) is 19.8 Å². The predicted molar refractivity (Wildman–Crippen MR) is 342 cm³/mol. The van der Waals surface area contributed by atoms with Crippen molar-refractivity contribution < 1.29 is 24.5 Å². The molecule has 78 heavy (non-hydrogen) atoms. The minimum atomic E-state index is -0.851. The minimum absolute atomic E-state index is 0.0499. The van der Waals surface area contributed by atoms with Crippen molar-refractivity contribution in [3.05, 3.63) is 60.8 Å². The summed E-state index contributed by atoms with van der Waals surface area (Å²) < 4.78 is 5.41. The van der Waals surface area contributed by atoms with Gasteiger partial charge in [0, 0.05) is 12.8 Å². The van der Waals surface area contributed by atoms with E-state index in [0.29, 0.717) is 19.4 Å². The molecular weight excluding hydrogens is 959 g/mol. The van der Waals surface area contributed by atoms with E-state index in [0.717, 1.165) is 64.2 Å². The predicted octanol–water partition coefficient (Wildman–Crippen LogP) is 22.3. The minimum Gasteiger partial charge on any atom is -0.465 e. The number of rotatable bonds is 64. The molecule has 3 N–H and O–H groups in total. The van der Waals surface area contributed by atoms with Gasteiger partial charge in [-0.3, -0.25) is 9.59 Å². The maximum atomic E-state index is 12.5. The fourth-order valence-electron chi connectivity index (χ4n) is 10.5. The van der Waals surface area contributed by atoms with Gasteiger partial charge in [-0.2, -0.15) is 0 Å². The summed E-state index contributed by atoms with van der Waals surface area (Å²) in [7, 11) is 0. The molecule has 1 amide bonds. The lowest BCUT2D eigenvalue weighted by molar-refractivity contribution is -0.143. The molecule has 0 saturated carbocycles. The van der Waals surface area contributed by atoms with Crippen LogP contribution in [0, 0.1) is 0 Å². The normalized spacial score (nSPS) is 12.9. The van der Waals surface area contributed by atoms with E-state index in [1.807, 2.05) is 6.08 Å². The molecule has 0 saturated heterocycles. The zero-order chi connectivity index (χ0) is 56.4. The van der Waals surface area contributed by atoms with Crippen molar-refractivity contribution in [3.8, 4) is 0 Å². The molecule has 0 radical (unpaired) electrons. The number of ether oxygens (including phenoxy) is 1. The maximum Gasteiger partial charge on any atom is 0.305 e. The average Bonchev–Trinajstić information content (AvgIpc) is 3.44. The Bertz CT molecular complexity index is 1350. The van der Waals surface area contributed by atoms with Crippen LogP contribution in [0.5, 0.6) is 0 Å². The second-order valence-electron chi connectivity index (χ2n) is 23.5. The number of nitrogens with one attached hydrogen (secondary N) is 1. The van der Waals surface area contributed by atoms with Gasteiger partial charge in [0.15, 0.2) is 0 Å². The first-order valence-electron chi connectivity index (χ1n) is 34.6. The number of allylic oxidation sites excluding steroid dienone is 8. The Balaban J connectivity index is 3.49. The zero-order valence-corrected chi connectivity index (χ0v) is 52.1. The first-order valence-corrected chi connectivity index (χ1v) is 34.6. The third kappa shape index (κ3) is 62.8. The summed E-state index contributed by atoms with van der Waals surface area (Å²) in [6.45, 7) is 4.78. The van der Waals surface area contributed by atoms with Gasteiger partial charge in [0.2, 0.25) is 5.91 Å². The third-order valence-electron chi connectivity index (χ3n) is 15.8. The van der Waals surface area contributed by atoms with Crippen LogP contribution < -0.4 is 5.32 Å². The first-order chi connectivity index (χ1) is 38.5. The van der Waals surface area contributed by atoms with Crippen LogP contribution >= 0.6 is 0 Å². The number of aliphatic hydroxyl groups is 2. The molecule has 2 atom stereocenters. The molecule has 0 aliphatic heterocycles. The van der Waals surface area contributed by atoms with Crippen LogP contribution in [-0.2, 0) is 14.3 Å². The monoisotopic (exact) mass is 1090 g/mol. The van der Waals surface area contributed by atoms with Gasteiger partial charge >= 0.3 is 5.97 Å². The second kappa shape index (κ2) is 67.1. The Hall–Kier alpha value is -2.44. The summed E-state index contributed by atoms with van der Waals surface area (Å²) in [6, 6.07) is -0.635. The highest BCUT2D eigenvalue weighted by Crippen LogP contribution is 2.18. The van der Waals surface area contributed by atoms with Crippen molar-refractivity contribution in [2.45, 2.75) is 373 Å². The summed E-state index contributed by atoms with van der Waals surface area (Å²) >= 11 is 0. The number of carbonyl (C=O) groups is 2. The van der Waals surface area contributed by atoms with Crippen LogP contribution in [-0.4, -0.2) is 47.4 Å². The summed E-state index contributed by atoms with van der Waals surface area (Å²) in [5.41, 5.74) is 0. The van der Waals surface area contributed by atoms with Gasteiger partial charge in [0.05, 0.1) is 25.4 Å². The second-order valence-corrected chi connectivity index (χ2v) is 23.5. The number of unbranched alkanes of at least 4 members (excludes halogenated alkanes) is 45. The molecule has 456 valence electrons. The highest BCUT2D eigenvalue weighted by atomic mass is 16.5. The molecule has 0 aromatic heterocycles. The van der Waals surface area contributed by atoms with Gasteiger partial charge in [-0.1, -0.05) is 325 Å². The van der Waals surface area contributed by atoms with E-state index in [2.05, 4.69) is 67.8 Å². The smallest absolute Gasteiger partial charge is 0.305 e. The van der Waals surface area contributed by atoms with Crippen molar-refractivity contribution in [1.82, 2.24) is 5.32 Å². The van der Waals surface area contributed by atoms with Crippen LogP contribution in [0.2, 0.25) is 0 Å². The Morgan fingerprint density at radius 1 is 0.359 bits per heavy atom. The van der Waals surface area contributed by atoms with Gasteiger partial charge in [0.1, 0.15) is 0 Å². The van der Waals surface area contributed by atoms with Crippen molar-refractivity contribution >= 4 is 11.9 Å². The molecule has 0 spiro atoms. The van der Waals surface area contributed by atoms with Crippen LogP contribution in [0.1, 0.15) is 361 Å². The summed E-state index contributed by atoms with van der Waals surface area (Å²) in [5.74, 6) is -0.120. The highest BCUT2D eigenvalue weighted by Gasteiger charge is 2.18. The lowest BCUT2D eigenvalue weighted by Gasteiger charge is -2.20. The number of hydrogen-bond acceptors (Lipinski definition) is 5. The van der Waals surface area contributed by atoms with Crippen LogP contribution in [0.3, 0.4) is 0 Å². The van der Waals surface area contributed by atoms with E-state index < -0.39 is 12.1 Å². The van der Waals surface area contributed by atoms with Crippen LogP contribution in [0.15, 0.2) is 60.8 Å². The lowest BCUT2D eigenvalue weighted by Crippen LogP contribution is -2.45. The van der Waals surface area contributed by atoms with E-state index >= 15 is 0 Å². The quantitative estimate of drug-likeness (QED) is 0.0320. The molecule has 6 nitrogen and oxygen atoms in total. The van der Waals surface area contributed by atoms with Gasteiger partial charge in [0.25, 0.3) is 0 Å². The SMILES string of the molecule is CCCCC/C=C\C/C=C\CCCCCCCC(=O)OCC/C=C\C/C=C\CCCCCCCCCCCCCCCCC(=O)NC(CO)C(O)/C=C/CCCCCCCCCCCCCCCCCCCCCCCCC. The molecule has 0 bridgehead atoms. The summed E-state index contributed by atoms with van der Waals surface area (Å²) in [4.78, 5) is 24.6. The van der Waals surface area contributed by atoms with Gasteiger partial charge in [-0.05, 0) is 83.5 Å². The van der Waals surface area contributed by atoms with Crippen molar-refractivity contribution in [3.63, 3.8) is 0 Å². The van der Waals surface area contributed by atoms with E-state index in [-0.39, 0.29) is 18.5 Å². The Morgan fingerprint density at radius 3 is 1.00 bits per heavy atom. The van der Waals surface area contributed by atoms with E-state index in [1.165, 1.54) is 270 Å². The molecule has 0 aromatic rings. The number of esters is 1. The molecule has 6 heteroatoms. The summed E-state index contributed by atoms with van der Waals surface area (Å²) in [6.07, 6.45) is 88.7. The molecule has 0 aromatic carbocycles. The van der Waals surface area contributed by atoms with Crippen molar-refractivity contribution in [1.29, 1.82) is 0 Å².